The van der Waals surface area contributed by atoms with Crippen LogP contribution >= 0.6 is 11.8 Å². The van der Waals surface area contributed by atoms with Crippen LogP contribution in [0.5, 0.6) is 17.2 Å². The van der Waals surface area contributed by atoms with Crippen molar-refractivity contribution < 1.29 is 43.7 Å². The Morgan fingerprint density at radius 3 is 2.23 bits per heavy atom. The van der Waals surface area contributed by atoms with E-state index in [0.717, 1.165) is 61.0 Å². The quantitative estimate of drug-likeness (QED) is 0.0215. The second-order valence-electron chi connectivity index (χ2n) is 18.7. The standard InChI is InChI=1S/C55H75N3O10S/c1-5-7-8-9-10-11-12-13-14-19-35-64-54(61)57(3)51-38-49(56-66-39-40-22-24-42(25-23-40)58(62)63)47-36-41(20-15-17-32-59)46(21-16-18-33-60)52-48-37-44(67-43-26-29-45(69-4)30-27-43)28-31-50(48)68-55(51,53(47)52)65-34-6-2/h6,22-31,36-37,41,46,51-53,59-60H,2,5,7-21,32-35,38-39H2,1,3-4H3/t41-,46+,51-,52+,53+,55+/m0/s1. The number of ether oxygens (including phenoxy) is 4. The number of aliphatic hydroxyl groups excluding tert-OH is 2. The van der Waals surface area contributed by atoms with Crippen molar-refractivity contribution in [2.45, 2.75) is 145 Å². The molecule has 69 heavy (non-hydrogen) atoms. The molecule has 1 amide bonds. The molecule has 1 heterocycles. The molecular weight excluding hydrogens is 895 g/mol. The number of hydrogen-bond acceptors (Lipinski definition) is 12. The molecule has 0 radical (unpaired) electrons. The van der Waals surface area contributed by atoms with Crippen LogP contribution in [0.4, 0.5) is 10.5 Å². The number of amides is 1. The smallest absolute Gasteiger partial charge is 0.409 e. The van der Waals surface area contributed by atoms with Gasteiger partial charge in [-0.25, -0.2) is 4.79 Å². The lowest BCUT2D eigenvalue weighted by atomic mass is 9.55. The highest BCUT2D eigenvalue weighted by molar-refractivity contribution is 7.98. The molecule has 6 atom stereocenters. The first-order chi connectivity index (χ1) is 33.7. The molecule has 2 N–H and O–H groups in total. The van der Waals surface area contributed by atoms with Crippen LogP contribution in [0.2, 0.25) is 0 Å². The Morgan fingerprint density at radius 2 is 1.58 bits per heavy atom. The minimum atomic E-state index is -1.43. The van der Waals surface area contributed by atoms with Crippen LogP contribution in [0.3, 0.4) is 0 Å². The van der Waals surface area contributed by atoms with Crippen LogP contribution in [0.25, 0.3) is 0 Å². The molecule has 0 spiro atoms. The van der Waals surface area contributed by atoms with Crippen molar-refractivity contribution in [3.8, 4) is 17.2 Å². The number of hydrogen-bond donors (Lipinski definition) is 2. The fourth-order valence-electron chi connectivity index (χ4n) is 10.4. The zero-order valence-electron chi connectivity index (χ0n) is 41.1. The van der Waals surface area contributed by atoms with Crippen molar-refractivity contribution in [1.82, 2.24) is 4.90 Å². The minimum Gasteiger partial charge on any atom is -0.459 e. The number of carbonyl (C=O) groups is 1. The lowest BCUT2D eigenvalue weighted by Gasteiger charge is -2.59. The van der Waals surface area contributed by atoms with E-state index >= 15 is 0 Å². The van der Waals surface area contributed by atoms with Crippen molar-refractivity contribution in [2.75, 3.05) is 39.7 Å². The maximum absolute atomic E-state index is 14.3. The Balaban J connectivity index is 1.40. The summed E-state index contributed by atoms with van der Waals surface area (Å²) in [4.78, 5) is 34.2. The van der Waals surface area contributed by atoms with Gasteiger partial charge in [-0.05, 0) is 116 Å². The number of thioether (sulfide) groups is 1. The van der Waals surface area contributed by atoms with E-state index in [-0.39, 0.29) is 56.3 Å². The van der Waals surface area contributed by atoms with Gasteiger partial charge >= 0.3 is 6.09 Å². The molecule has 0 unspecified atom stereocenters. The van der Waals surface area contributed by atoms with Crippen LogP contribution < -0.4 is 9.47 Å². The summed E-state index contributed by atoms with van der Waals surface area (Å²) in [7, 11) is 1.74. The normalized spacial score (nSPS) is 21.9. The molecule has 3 aliphatic rings. The van der Waals surface area contributed by atoms with Crippen LogP contribution in [-0.4, -0.2) is 83.4 Å². The molecule has 3 aromatic rings. The topological polar surface area (TPSA) is 162 Å². The average Bonchev–Trinajstić information content (AvgIpc) is 3.36. The van der Waals surface area contributed by atoms with Crippen LogP contribution in [0, 0.1) is 27.9 Å². The van der Waals surface area contributed by atoms with E-state index in [9.17, 15) is 25.1 Å². The number of aliphatic hydroxyl groups is 2. The van der Waals surface area contributed by atoms with Gasteiger partial charge < -0.3 is 38.9 Å². The summed E-state index contributed by atoms with van der Waals surface area (Å²) in [5, 5.41) is 36.2. The summed E-state index contributed by atoms with van der Waals surface area (Å²) < 4.78 is 26.9. The Bertz CT molecular complexity index is 2150. The van der Waals surface area contributed by atoms with Crippen LogP contribution in [0.1, 0.15) is 133 Å². The summed E-state index contributed by atoms with van der Waals surface area (Å²) in [6, 6.07) is 19.4. The number of allylic oxidation sites excluding steroid dienone is 1. The highest BCUT2D eigenvalue weighted by Gasteiger charge is 2.65. The molecule has 1 saturated carbocycles. The lowest BCUT2D eigenvalue weighted by molar-refractivity contribution is -0.384. The van der Waals surface area contributed by atoms with Gasteiger partial charge in [0, 0.05) is 55.2 Å². The third kappa shape index (κ3) is 14.1. The third-order valence-corrected chi connectivity index (χ3v) is 14.7. The molecule has 2 aliphatic carbocycles. The first-order valence-corrected chi connectivity index (χ1v) is 26.6. The van der Waals surface area contributed by atoms with Gasteiger partial charge in [-0.15, -0.1) is 18.3 Å². The van der Waals surface area contributed by atoms with Crippen molar-refractivity contribution in [2.24, 2.45) is 22.9 Å². The number of benzene rings is 3. The second kappa shape index (κ2) is 27.5. The fourth-order valence-corrected chi connectivity index (χ4v) is 10.9. The number of unbranched alkanes of at least 4 members (excludes halogenated alkanes) is 11. The molecule has 14 heteroatoms. The summed E-state index contributed by atoms with van der Waals surface area (Å²) in [5.41, 5.74) is 3.17. The predicted octanol–water partition coefficient (Wildman–Crippen LogP) is 12.9. The van der Waals surface area contributed by atoms with Gasteiger partial charge in [0.05, 0.1) is 29.8 Å². The Hall–Kier alpha value is -4.89. The van der Waals surface area contributed by atoms with Crippen molar-refractivity contribution >= 4 is 29.3 Å². The first-order valence-electron chi connectivity index (χ1n) is 25.3. The second-order valence-corrected chi connectivity index (χ2v) is 19.5. The van der Waals surface area contributed by atoms with Gasteiger partial charge in [-0.3, -0.25) is 10.1 Å². The Labute approximate surface area is 413 Å². The molecule has 13 nitrogen and oxygen atoms in total. The van der Waals surface area contributed by atoms with Crippen LogP contribution in [-0.2, 0) is 20.9 Å². The zero-order chi connectivity index (χ0) is 49.0. The van der Waals surface area contributed by atoms with Gasteiger partial charge in [0.15, 0.2) is 0 Å². The molecular formula is C55H75N3O10S. The van der Waals surface area contributed by atoms with E-state index in [1.807, 2.05) is 42.7 Å². The number of likely N-dealkylation sites (N-methyl/N-ethyl adjacent to an activating group) is 1. The number of carbonyl (C=O) groups excluding carboxylic acids is 1. The molecule has 6 rings (SSSR count). The van der Waals surface area contributed by atoms with Gasteiger partial charge in [0.2, 0.25) is 5.79 Å². The molecule has 376 valence electrons. The molecule has 3 aromatic carbocycles. The van der Waals surface area contributed by atoms with Gasteiger partial charge in [-0.2, -0.15) is 0 Å². The lowest BCUT2D eigenvalue weighted by Crippen LogP contribution is -2.69. The number of rotatable bonds is 30. The van der Waals surface area contributed by atoms with Crippen molar-refractivity contribution in [1.29, 1.82) is 0 Å². The monoisotopic (exact) mass is 970 g/mol. The SMILES string of the molecule is C=CCO[C@@]12Oc3ccc(Oc4ccc(SC)cc4)cc3[C@H]3[C@H](CCCCO)[C@@H](CCCCO)C=C(C(=NOCc4ccc([N+](=O)[O-])cc4)C[C@@H]1N(C)C(=O)OCCCCCCCCCCCC)[C@H]32. The van der Waals surface area contributed by atoms with Crippen LogP contribution in [0.15, 0.2) is 101 Å². The maximum Gasteiger partial charge on any atom is 0.409 e. The predicted molar refractivity (Wildman–Crippen MR) is 272 cm³/mol. The van der Waals surface area contributed by atoms with Gasteiger partial charge in [0.1, 0.15) is 29.9 Å². The number of nitrogens with zero attached hydrogens (tertiary/aromatic N) is 3. The average molecular weight is 970 g/mol. The number of nitro groups is 1. The fraction of sp³-hybridized carbons (Fsp3) is 0.564. The number of fused-ring (bicyclic) bond motifs is 2. The molecule has 0 saturated heterocycles. The summed E-state index contributed by atoms with van der Waals surface area (Å²) in [6.45, 7) is 6.92. The third-order valence-electron chi connectivity index (χ3n) is 14.0. The summed E-state index contributed by atoms with van der Waals surface area (Å²) in [6.07, 6.45) is 21.9. The molecule has 0 bridgehead atoms. The van der Waals surface area contributed by atoms with Gasteiger partial charge in [-0.1, -0.05) is 94.9 Å². The maximum atomic E-state index is 14.3. The summed E-state index contributed by atoms with van der Waals surface area (Å²) in [5.74, 6) is -0.126. The highest BCUT2D eigenvalue weighted by atomic mass is 32.2. The first kappa shape index (κ1) is 53.5. The van der Waals surface area contributed by atoms with E-state index in [4.69, 9.17) is 28.9 Å². The zero-order valence-corrected chi connectivity index (χ0v) is 41.9. The molecule has 1 aliphatic heterocycles. The highest BCUT2D eigenvalue weighted by Crippen LogP contribution is 2.62. The van der Waals surface area contributed by atoms with Gasteiger partial charge in [0.25, 0.3) is 5.69 Å². The van der Waals surface area contributed by atoms with E-state index in [1.54, 1.807) is 41.9 Å². The summed E-state index contributed by atoms with van der Waals surface area (Å²) >= 11 is 1.66. The number of nitro benzene ring substituents is 1. The minimum absolute atomic E-state index is 0.0158. The van der Waals surface area contributed by atoms with Crippen molar-refractivity contribution in [3.05, 3.63) is 112 Å². The number of non-ortho nitro benzene ring substituents is 1. The van der Waals surface area contributed by atoms with E-state index in [2.05, 4.69) is 25.6 Å². The largest absolute Gasteiger partial charge is 0.459 e. The number of oxime groups is 1. The van der Waals surface area contributed by atoms with Crippen molar-refractivity contribution in [3.63, 3.8) is 0 Å². The Kier molecular flexibility index (Phi) is 21.3. The Morgan fingerprint density at radius 1 is 0.913 bits per heavy atom. The van der Waals surface area contributed by atoms with E-state index in [1.165, 1.54) is 57.1 Å². The molecule has 1 fully saturated rings. The van der Waals surface area contributed by atoms with E-state index in [0.29, 0.717) is 48.0 Å². The molecule has 0 aromatic heterocycles. The van der Waals surface area contributed by atoms with E-state index < -0.39 is 28.8 Å².